The molecule has 2 nitrogen and oxygen atoms in total. The van der Waals surface area contributed by atoms with Gasteiger partial charge in [-0.25, -0.2) is 0 Å². The monoisotopic (exact) mass is 110 g/mol. The molecule has 0 spiro atoms. The van der Waals surface area contributed by atoms with Gasteiger partial charge < -0.3 is 0 Å². The third kappa shape index (κ3) is 0.782. The first-order chi connectivity index (χ1) is 3.70. The normalized spacial score (nSPS) is 20.9. The van der Waals surface area contributed by atoms with E-state index in [1.54, 1.807) is 0 Å². The zero-order valence-electron chi connectivity index (χ0n) is 5.47. The molecule has 8 heavy (non-hydrogen) atoms. The molecule has 1 aliphatic heterocycles. The average molecular weight is 110 g/mol. The number of nitrogens with zero attached hydrogens (tertiary/aromatic N) is 2. The number of rotatable bonds is 0. The van der Waals surface area contributed by atoms with E-state index in [1.165, 1.54) is 0 Å². The molecule has 0 unspecified atom stereocenters. The van der Waals surface area contributed by atoms with Crippen molar-refractivity contribution in [3.05, 3.63) is 0 Å². The third-order valence-corrected chi connectivity index (χ3v) is 1.28. The zero-order valence-corrected chi connectivity index (χ0v) is 5.47. The lowest BCUT2D eigenvalue weighted by Crippen LogP contribution is -1.98. The summed E-state index contributed by atoms with van der Waals surface area (Å²) in [5.74, 6) is 0. The maximum Gasteiger partial charge on any atom is 0.137 e. The molecule has 1 heterocycles. The minimum atomic E-state index is 0.176. The second kappa shape index (κ2) is 1.69. The highest BCUT2D eigenvalue weighted by Crippen LogP contribution is 2.02. The number of hydrogen-bond acceptors (Lipinski definition) is 2. The van der Waals surface area contributed by atoms with Crippen molar-refractivity contribution in [1.29, 1.82) is 0 Å². The Balaban J connectivity index is 2.82. The van der Waals surface area contributed by atoms with E-state index in [4.69, 9.17) is 0 Å². The highest BCUT2D eigenvalue weighted by atomic mass is 15.0. The van der Waals surface area contributed by atoms with Crippen LogP contribution in [-0.2, 0) is 0 Å². The molecule has 1 rings (SSSR count). The van der Waals surface area contributed by atoms with Crippen LogP contribution in [0.15, 0.2) is 9.98 Å². The van der Waals surface area contributed by atoms with Crippen LogP contribution in [0.25, 0.3) is 0 Å². The topological polar surface area (TPSA) is 24.7 Å². The lowest BCUT2D eigenvalue weighted by atomic mass is 10.3. The molecule has 0 N–H and O–H groups in total. The highest BCUT2D eigenvalue weighted by molar-refractivity contribution is 6.41. The Kier molecular flexibility index (Phi) is 1.16. The molecule has 0 saturated carbocycles. The molecule has 1 aliphatic rings. The van der Waals surface area contributed by atoms with Crippen molar-refractivity contribution in [2.45, 2.75) is 26.9 Å². The molecular weight excluding hydrogens is 100 g/mol. The first-order valence-electron chi connectivity index (χ1n) is 2.79. The summed E-state index contributed by atoms with van der Waals surface area (Å²) >= 11 is 0. The molecule has 44 valence electrons. The SMILES string of the molecule is CC1=NC(C)N=C1C. The fourth-order valence-electron chi connectivity index (χ4n) is 0.776. The van der Waals surface area contributed by atoms with E-state index in [0.29, 0.717) is 0 Å². The average Bonchev–Trinajstić information content (AvgIpc) is 1.85. The summed E-state index contributed by atoms with van der Waals surface area (Å²) in [4.78, 5) is 8.37. The van der Waals surface area contributed by atoms with Crippen molar-refractivity contribution in [3.8, 4) is 0 Å². The van der Waals surface area contributed by atoms with Crippen LogP contribution in [0.1, 0.15) is 20.8 Å². The van der Waals surface area contributed by atoms with Crippen molar-refractivity contribution in [3.63, 3.8) is 0 Å². The predicted octanol–water partition coefficient (Wildman–Crippen LogP) is 1.27. The Morgan fingerprint density at radius 1 is 1.12 bits per heavy atom. The molecule has 0 aromatic rings. The van der Waals surface area contributed by atoms with Crippen LogP contribution in [0.2, 0.25) is 0 Å². The Hall–Kier alpha value is -0.660. The van der Waals surface area contributed by atoms with Crippen molar-refractivity contribution in [2.24, 2.45) is 9.98 Å². The van der Waals surface area contributed by atoms with Crippen LogP contribution < -0.4 is 0 Å². The Bertz CT molecular complexity index is 138. The quantitative estimate of drug-likeness (QED) is 0.448. The van der Waals surface area contributed by atoms with Crippen LogP contribution in [0.3, 0.4) is 0 Å². The fraction of sp³-hybridized carbons (Fsp3) is 0.667. The van der Waals surface area contributed by atoms with E-state index >= 15 is 0 Å². The Labute approximate surface area is 49.3 Å². The summed E-state index contributed by atoms with van der Waals surface area (Å²) in [5.41, 5.74) is 2.16. The fourth-order valence-corrected chi connectivity index (χ4v) is 0.776. The van der Waals surface area contributed by atoms with E-state index in [9.17, 15) is 0 Å². The van der Waals surface area contributed by atoms with Gasteiger partial charge in [0.05, 0.1) is 11.4 Å². The van der Waals surface area contributed by atoms with Gasteiger partial charge in [0.15, 0.2) is 0 Å². The maximum atomic E-state index is 4.18. The lowest BCUT2D eigenvalue weighted by Gasteiger charge is -1.85. The van der Waals surface area contributed by atoms with Gasteiger partial charge in [0, 0.05) is 0 Å². The first kappa shape index (κ1) is 5.48. The second-order valence-corrected chi connectivity index (χ2v) is 2.06. The minimum absolute atomic E-state index is 0.176. The van der Waals surface area contributed by atoms with Gasteiger partial charge in [-0.1, -0.05) is 0 Å². The van der Waals surface area contributed by atoms with Gasteiger partial charge in [0.25, 0.3) is 0 Å². The van der Waals surface area contributed by atoms with Crippen molar-refractivity contribution in [2.75, 3.05) is 0 Å². The van der Waals surface area contributed by atoms with Gasteiger partial charge in [-0.15, -0.1) is 0 Å². The summed E-state index contributed by atoms with van der Waals surface area (Å²) in [6.45, 7) is 5.96. The molecular formula is C6H10N2. The molecule has 0 radical (unpaired) electrons. The van der Waals surface area contributed by atoms with E-state index in [1.807, 2.05) is 20.8 Å². The minimum Gasteiger partial charge on any atom is -0.262 e. The second-order valence-electron chi connectivity index (χ2n) is 2.06. The lowest BCUT2D eigenvalue weighted by molar-refractivity contribution is 0.813. The summed E-state index contributed by atoms with van der Waals surface area (Å²) in [7, 11) is 0. The van der Waals surface area contributed by atoms with Crippen molar-refractivity contribution < 1.29 is 0 Å². The Morgan fingerprint density at radius 3 is 1.62 bits per heavy atom. The predicted molar refractivity (Wildman–Crippen MR) is 35.7 cm³/mol. The van der Waals surface area contributed by atoms with E-state index in [2.05, 4.69) is 9.98 Å². The van der Waals surface area contributed by atoms with Gasteiger partial charge in [0.2, 0.25) is 0 Å². The van der Waals surface area contributed by atoms with Crippen LogP contribution in [0.5, 0.6) is 0 Å². The van der Waals surface area contributed by atoms with Crippen molar-refractivity contribution >= 4 is 11.4 Å². The molecule has 0 fully saturated rings. The maximum absolute atomic E-state index is 4.18. The summed E-state index contributed by atoms with van der Waals surface area (Å²) < 4.78 is 0. The van der Waals surface area contributed by atoms with Gasteiger partial charge in [-0.05, 0) is 20.8 Å². The summed E-state index contributed by atoms with van der Waals surface area (Å²) in [6.07, 6.45) is 0.176. The molecule has 0 saturated heterocycles. The van der Waals surface area contributed by atoms with Crippen LogP contribution in [-0.4, -0.2) is 17.6 Å². The Morgan fingerprint density at radius 2 is 1.50 bits per heavy atom. The van der Waals surface area contributed by atoms with Crippen LogP contribution in [0.4, 0.5) is 0 Å². The molecule has 0 atom stereocenters. The van der Waals surface area contributed by atoms with Crippen molar-refractivity contribution in [1.82, 2.24) is 0 Å². The number of aliphatic imine (C=N–C) groups is 2. The highest BCUT2D eigenvalue weighted by Gasteiger charge is 2.07. The molecule has 0 aromatic carbocycles. The largest absolute Gasteiger partial charge is 0.262 e. The molecule has 0 bridgehead atoms. The van der Waals surface area contributed by atoms with E-state index in [-0.39, 0.29) is 6.17 Å². The standard InChI is InChI=1S/C6H10N2/c1-4-5(2)8-6(3)7-4/h6H,1-3H3. The van der Waals surface area contributed by atoms with Gasteiger partial charge in [0.1, 0.15) is 6.17 Å². The summed E-state index contributed by atoms with van der Waals surface area (Å²) in [6, 6.07) is 0. The third-order valence-electron chi connectivity index (χ3n) is 1.28. The zero-order chi connectivity index (χ0) is 6.15. The summed E-state index contributed by atoms with van der Waals surface area (Å²) in [5, 5.41) is 0. The van der Waals surface area contributed by atoms with Gasteiger partial charge in [-0.3, -0.25) is 9.98 Å². The smallest absolute Gasteiger partial charge is 0.137 e. The molecule has 0 aromatic heterocycles. The van der Waals surface area contributed by atoms with Crippen LogP contribution >= 0.6 is 0 Å². The van der Waals surface area contributed by atoms with Gasteiger partial charge in [-0.2, -0.15) is 0 Å². The van der Waals surface area contributed by atoms with Crippen LogP contribution in [0, 0.1) is 0 Å². The van der Waals surface area contributed by atoms with E-state index < -0.39 is 0 Å². The van der Waals surface area contributed by atoms with E-state index in [0.717, 1.165) is 11.4 Å². The van der Waals surface area contributed by atoms with Gasteiger partial charge >= 0.3 is 0 Å². The molecule has 2 heteroatoms. The first-order valence-corrected chi connectivity index (χ1v) is 2.79. The molecule has 0 amide bonds. The number of hydrogen-bond donors (Lipinski definition) is 0. The molecule has 0 aliphatic carbocycles.